The van der Waals surface area contributed by atoms with Crippen LogP contribution in [0.4, 0.5) is 5.69 Å². The number of nitrogens with zero attached hydrogens (tertiary/aromatic N) is 2. The van der Waals surface area contributed by atoms with Crippen molar-refractivity contribution >= 4 is 5.69 Å². The van der Waals surface area contributed by atoms with Gasteiger partial charge in [0.15, 0.2) is 11.5 Å². The molecule has 0 aliphatic carbocycles. The van der Waals surface area contributed by atoms with Gasteiger partial charge in [-0.15, -0.1) is 0 Å². The van der Waals surface area contributed by atoms with E-state index in [1.807, 2.05) is 22.9 Å². The third-order valence-corrected chi connectivity index (χ3v) is 2.94. The lowest BCUT2D eigenvalue weighted by molar-refractivity contribution is 0.355. The molecule has 88 valence electrons. The number of imidazole rings is 1. The van der Waals surface area contributed by atoms with Crippen molar-refractivity contribution in [3.05, 3.63) is 30.4 Å². The first-order valence-corrected chi connectivity index (χ1v) is 5.35. The second-order valence-electron chi connectivity index (χ2n) is 3.83. The average Bonchev–Trinajstić information content (AvgIpc) is 2.85. The second-order valence-corrected chi connectivity index (χ2v) is 3.83. The summed E-state index contributed by atoms with van der Waals surface area (Å²) in [7, 11) is 3.27. The average molecular weight is 231 g/mol. The number of hydrogen-bond donors (Lipinski definition) is 1. The van der Waals surface area contributed by atoms with Crippen molar-refractivity contribution in [2.24, 2.45) is 0 Å². The highest BCUT2D eigenvalue weighted by Gasteiger charge is 2.18. The van der Waals surface area contributed by atoms with Crippen molar-refractivity contribution in [2.75, 3.05) is 19.5 Å². The second kappa shape index (κ2) is 3.69. The molecule has 0 atom stereocenters. The third-order valence-electron chi connectivity index (χ3n) is 2.94. The van der Waals surface area contributed by atoms with Crippen LogP contribution in [-0.4, -0.2) is 23.8 Å². The minimum absolute atomic E-state index is 0.717. The predicted octanol–water partition coefficient (Wildman–Crippen LogP) is 1.81. The van der Waals surface area contributed by atoms with Crippen LogP contribution in [0.25, 0.3) is 5.69 Å². The Labute approximate surface area is 99.0 Å². The summed E-state index contributed by atoms with van der Waals surface area (Å²) < 4.78 is 12.6. The zero-order valence-electron chi connectivity index (χ0n) is 9.73. The van der Waals surface area contributed by atoms with E-state index >= 15 is 0 Å². The zero-order valence-corrected chi connectivity index (χ0v) is 9.73. The molecule has 2 aromatic rings. The van der Waals surface area contributed by atoms with Crippen LogP contribution in [0.1, 0.15) is 5.69 Å². The maximum Gasteiger partial charge on any atom is 0.162 e. The van der Waals surface area contributed by atoms with Gasteiger partial charge in [-0.3, -0.25) is 4.57 Å². The van der Waals surface area contributed by atoms with Crippen molar-refractivity contribution < 1.29 is 9.47 Å². The summed E-state index contributed by atoms with van der Waals surface area (Å²) in [6.07, 6.45) is 3.66. The Morgan fingerprint density at radius 1 is 1.24 bits per heavy atom. The lowest BCUT2D eigenvalue weighted by Crippen LogP contribution is -2.14. The minimum Gasteiger partial charge on any atom is -0.493 e. The summed E-state index contributed by atoms with van der Waals surface area (Å²) in [5.41, 5.74) is 3.18. The molecule has 0 saturated heterocycles. The molecule has 3 rings (SSSR count). The fourth-order valence-electron chi connectivity index (χ4n) is 2.07. The van der Waals surface area contributed by atoms with Gasteiger partial charge in [-0.05, 0) is 0 Å². The van der Waals surface area contributed by atoms with Crippen molar-refractivity contribution in [3.8, 4) is 17.2 Å². The molecular formula is C12H13N3O2. The van der Waals surface area contributed by atoms with Gasteiger partial charge in [-0.1, -0.05) is 0 Å². The number of methoxy groups -OCH3 is 2. The van der Waals surface area contributed by atoms with Crippen LogP contribution in [0.3, 0.4) is 0 Å². The third kappa shape index (κ3) is 1.43. The van der Waals surface area contributed by atoms with Gasteiger partial charge >= 0.3 is 0 Å². The molecule has 5 nitrogen and oxygen atoms in total. The Balaban J connectivity index is 2.20. The smallest absolute Gasteiger partial charge is 0.162 e. The van der Waals surface area contributed by atoms with Gasteiger partial charge in [0.25, 0.3) is 0 Å². The number of fused-ring (bicyclic) bond motifs is 3. The molecule has 5 heteroatoms. The Bertz CT molecular complexity index is 563. The highest BCUT2D eigenvalue weighted by molar-refractivity contribution is 5.70. The van der Waals surface area contributed by atoms with Gasteiger partial charge in [0.2, 0.25) is 0 Å². The summed E-state index contributed by atoms with van der Waals surface area (Å²) in [5, 5.41) is 3.33. The van der Waals surface area contributed by atoms with Crippen LogP contribution >= 0.6 is 0 Å². The molecular weight excluding hydrogens is 218 g/mol. The number of anilines is 1. The highest BCUT2D eigenvalue weighted by Crippen LogP contribution is 2.37. The summed E-state index contributed by atoms with van der Waals surface area (Å²) in [5.74, 6) is 1.44. The lowest BCUT2D eigenvalue weighted by atomic mass is 10.2. The number of ether oxygens (including phenoxy) is 2. The molecule has 1 aliphatic heterocycles. The van der Waals surface area contributed by atoms with Crippen LogP contribution in [0, 0.1) is 0 Å². The fourth-order valence-corrected chi connectivity index (χ4v) is 2.07. The van der Waals surface area contributed by atoms with E-state index in [1.165, 1.54) is 0 Å². The predicted molar refractivity (Wildman–Crippen MR) is 64.0 cm³/mol. The van der Waals surface area contributed by atoms with E-state index in [-0.39, 0.29) is 0 Å². The first-order chi connectivity index (χ1) is 8.33. The van der Waals surface area contributed by atoms with E-state index in [2.05, 4.69) is 10.3 Å². The van der Waals surface area contributed by atoms with Crippen molar-refractivity contribution in [2.45, 2.75) is 6.54 Å². The number of hydrogen-bond acceptors (Lipinski definition) is 4. The molecule has 0 bridgehead atoms. The van der Waals surface area contributed by atoms with Crippen molar-refractivity contribution in [1.29, 1.82) is 0 Å². The Hall–Kier alpha value is -2.17. The summed E-state index contributed by atoms with van der Waals surface area (Å²) in [4.78, 5) is 4.15. The van der Waals surface area contributed by atoms with E-state index in [0.717, 1.165) is 35.1 Å². The Morgan fingerprint density at radius 2 is 2.00 bits per heavy atom. The van der Waals surface area contributed by atoms with Crippen LogP contribution in [0.5, 0.6) is 11.5 Å². The van der Waals surface area contributed by atoms with E-state index in [4.69, 9.17) is 9.47 Å². The van der Waals surface area contributed by atoms with Gasteiger partial charge in [0, 0.05) is 12.1 Å². The minimum atomic E-state index is 0.717. The quantitative estimate of drug-likeness (QED) is 0.856. The summed E-state index contributed by atoms with van der Waals surface area (Å²) in [6.45, 7) is 0.766. The first kappa shape index (κ1) is 10.0. The van der Waals surface area contributed by atoms with Crippen LogP contribution in [0.2, 0.25) is 0 Å². The number of aromatic nitrogens is 2. The van der Waals surface area contributed by atoms with Gasteiger partial charge in [-0.25, -0.2) is 4.98 Å². The molecule has 0 spiro atoms. The normalized spacial score (nSPS) is 12.4. The zero-order chi connectivity index (χ0) is 11.8. The largest absolute Gasteiger partial charge is 0.493 e. The summed E-state index contributed by atoms with van der Waals surface area (Å²) in [6, 6.07) is 3.89. The van der Waals surface area contributed by atoms with Gasteiger partial charge in [0.05, 0.1) is 50.4 Å². The lowest BCUT2D eigenvalue weighted by Gasteiger charge is -2.22. The number of rotatable bonds is 2. The molecule has 0 amide bonds. The van der Waals surface area contributed by atoms with E-state index in [9.17, 15) is 0 Å². The number of benzene rings is 1. The van der Waals surface area contributed by atoms with Crippen LogP contribution in [0.15, 0.2) is 24.7 Å². The van der Waals surface area contributed by atoms with E-state index in [1.54, 1.807) is 20.5 Å². The molecule has 2 heterocycles. The maximum absolute atomic E-state index is 5.31. The SMILES string of the molecule is COc1cc2c(cc1OC)-n1cncc1CN2. The van der Waals surface area contributed by atoms with Gasteiger partial charge < -0.3 is 14.8 Å². The van der Waals surface area contributed by atoms with Crippen LogP contribution < -0.4 is 14.8 Å². The molecule has 1 aromatic carbocycles. The van der Waals surface area contributed by atoms with Crippen LogP contribution in [-0.2, 0) is 6.54 Å². The highest BCUT2D eigenvalue weighted by atomic mass is 16.5. The number of nitrogens with one attached hydrogen (secondary N) is 1. The maximum atomic E-state index is 5.31. The Kier molecular flexibility index (Phi) is 2.18. The van der Waals surface area contributed by atoms with Gasteiger partial charge in [0.1, 0.15) is 0 Å². The molecule has 1 aromatic heterocycles. The van der Waals surface area contributed by atoms with Gasteiger partial charge in [-0.2, -0.15) is 0 Å². The molecule has 0 saturated carbocycles. The molecule has 0 radical (unpaired) electrons. The molecule has 1 aliphatic rings. The topological polar surface area (TPSA) is 48.3 Å². The van der Waals surface area contributed by atoms with E-state index < -0.39 is 0 Å². The van der Waals surface area contributed by atoms with Crippen molar-refractivity contribution in [3.63, 3.8) is 0 Å². The van der Waals surface area contributed by atoms with E-state index in [0.29, 0.717) is 0 Å². The van der Waals surface area contributed by atoms with Crippen molar-refractivity contribution in [1.82, 2.24) is 9.55 Å². The first-order valence-electron chi connectivity index (χ1n) is 5.35. The molecule has 0 fully saturated rings. The standard InChI is InChI=1S/C12H13N3O2/c1-16-11-3-9-10(4-12(11)17-2)15-7-13-5-8(15)6-14-9/h3-5,7,14H,6H2,1-2H3. The molecule has 17 heavy (non-hydrogen) atoms. The monoisotopic (exact) mass is 231 g/mol. The Morgan fingerprint density at radius 3 is 2.76 bits per heavy atom. The molecule has 0 unspecified atom stereocenters. The summed E-state index contributed by atoms with van der Waals surface area (Å²) >= 11 is 0. The molecule has 1 N–H and O–H groups in total. The fraction of sp³-hybridized carbons (Fsp3) is 0.250.